The summed E-state index contributed by atoms with van der Waals surface area (Å²) in [7, 11) is 0. The van der Waals surface area contributed by atoms with Gasteiger partial charge in [-0.2, -0.15) is 0 Å². The average molecular weight is 240 g/mol. The van der Waals surface area contributed by atoms with Gasteiger partial charge in [-0.05, 0) is 12.8 Å². The van der Waals surface area contributed by atoms with Gasteiger partial charge in [0.05, 0.1) is 23.7 Å². The SMILES string of the molecule is C.O=C1OC(=O)C2CC3C(=O)OC(=O)C3CC12. The number of carbonyl (C=O) groups excluding carboxylic acids is 4. The van der Waals surface area contributed by atoms with E-state index in [-0.39, 0.29) is 20.3 Å². The highest BCUT2D eigenvalue weighted by Gasteiger charge is 2.57. The van der Waals surface area contributed by atoms with Crippen molar-refractivity contribution in [3.8, 4) is 0 Å². The van der Waals surface area contributed by atoms with Crippen LogP contribution < -0.4 is 0 Å². The van der Waals surface area contributed by atoms with E-state index < -0.39 is 47.5 Å². The van der Waals surface area contributed by atoms with Crippen LogP contribution >= 0.6 is 0 Å². The summed E-state index contributed by atoms with van der Waals surface area (Å²) in [6, 6.07) is 0. The van der Waals surface area contributed by atoms with Gasteiger partial charge in [-0.15, -0.1) is 0 Å². The molecule has 2 heterocycles. The van der Waals surface area contributed by atoms with Crippen LogP contribution in [-0.2, 0) is 28.7 Å². The standard InChI is InChI=1S/C10H8O6.CH4/c11-7-3-1-4-6(10(14)16-8(4)12)2-5(3)9(13)15-7;/h3-6H,1-2H2;1H4. The lowest BCUT2D eigenvalue weighted by molar-refractivity contribution is -0.154. The zero-order chi connectivity index (χ0) is 11.4. The van der Waals surface area contributed by atoms with Crippen LogP contribution in [0.4, 0.5) is 0 Å². The average Bonchev–Trinajstić information content (AvgIpc) is 2.67. The summed E-state index contributed by atoms with van der Waals surface area (Å²) in [6.07, 6.45) is 0.370. The molecule has 2 saturated heterocycles. The Balaban J connectivity index is 0.00000108. The lowest BCUT2D eigenvalue weighted by atomic mass is 9.70. The molecule has 2 aliphatic heterocycles. The van der Waals surface area contributed by atoms with Crippen LogP contribution in [0.2, 0.25) is 0 Å². The summed E-state index contributed by atoms with van der Waals surface area (Å²) in [5.74, 6) is -4.64. The van der Waals surface area contributed by atoms with Gasteiger partial charge in [0.15, 0.2) is 0 Å². The van der Waals surface area contributed by atoms with Gasteiger partial charge in [-0.3, -0.25) is 19.2 Å². The van der Waals surface area contributed by atoms with E-state index in [2.05, 4.69) is 9.47 Å². The molecule has 0 radical (unpaired) electrons. The van der Waals surface area contributed by atoms with Crippen LogP contribution in [0.3, 0.4) is 0 Å². The molecule has 6 nitrogen and oxygen atoms in total. The minimum Gasteiger partial charge on any atom is -0.393 e. The Labute approximate surface area is 97.3 Å². The van der Waals surface area contributed by atoms with Crippen molar-refractivity contribution in [2.75, 3.05) is 0 Å². The number of rotatable bonds is 0. The number of hydrogen-bond donors (Lipinski definition) is 0. The molecule has 1 aliphatic carbocycles. The summed E-state index contributed by atoms with van der Waals surface area (Å²) >= 11 is 0. The third kappa shape index (κ3) is 1.47. The number of esters is 4. The highest BCUT2D eigenvalue weighted by molar-refractivity contribution is 6.01. The Hall–Kier alpha value is -1.72. The van der Waals surface area contributed by atoms with Gasteiger partial charge in [0.25, 0.3) is 0 Å². The molecule has 0 aromatic carbocycles. The lowest BCUT2D eigenvalue weighted by Crippen LogP contribution is -2.35. The van der Waals surface area contributed by atoms with Crippen LogP contribution in [0, 0.1) is 23.7 Å². The number of cyclic esters (lactones) is 4. The molecule has 1 saturated carbocycles. The van der Waals surface area contributed by atoms with E-state index in [1.807, 2.05) is 0 Å². The van der Waals surface area contributed by atoms with Crippen LogP contribution in [-0.4, -0.2) is 23.9 Å². The number of hydrogen-bond acceptors (Lipinski definition) is 6. The topological polar surface area (TPSA) is 86.7 Å². The van der Waals surface area contributed by atoms with Crippen molar-refractivity contribution in [3.63, 3.8) is 0 Å². The van der Waals surface area contributed by atoms with Crippen LogP contribution in [0.1, 0.15) is 20.3 Å². The van der Waals surface area contributed by atoms with Crippen molar-refractivity contribution in [1.29, 1.82) is 0 Å². The predicted octanol–water partition coefficient (Wildman–Crippen LogP) is 0.0479. The normalized spacial score (nSPS) is 39.1. The second-order valence-corrected chi connectivity index (χ2v) is 4.38. The fraction of sp³-hybridized carbons (Fsp3) is 0.636. The molecule has 4 unspecified atom stereocenters. The summed E-state index contributed by atoms with van der Waals surface area (Å²) < 4.78 is 9.01. The minimum absolute atomic E-state index is 0. The molecular weight excluding hydrogens is 228 g/mol. The van der Waals surface area contributed by atoms with Gasteiger partial charge in [-0.1, -0.05) is 7.43 Å². The minimum atomic E-state index is -0.583. The van der Waals surface area contributed by atoms with Crippen molar-refractivity contribution in [2.24, 2.45) is 23.7 Å². The van der Waals surface area contributed by atoms with Gasteiger partial charge in [-0.25, -0.2) is 0 Å². The number of fused-ring (bicyclic) bond motifs is 2. The van der Waals surface area contributed by atoms with E-state index in [0.29, 0.717) is 0 Å². The fourth-order valence-electron chi connectivity index (χ4n) is 2.75. The van der Waals surface area contributed by atoms with E-state index >= 15 is 0 Å². The van der Waals surface area contributed by atoms with Crippen LogP contribution in [0.15, 0.2) is 0 Å². The molecule has 6 heteroatoms. The molecule has 0 aromatic heterocycles. The largest absolute Gasteiger partial charge is 0.393 e. The Morgan fingerprint density at radius 3 is 1.12 bits per heavy atom. The van der Waals surface area contributed by atoms with Crippen molar-refractivity contribution >= 4 is 23.9 Å². The molecular formula is C11H12O6. The van der Waals surface area contributed by atoms with E-state index in [1.165, 1.54) is 0 Å². The van der Waals surface area contributed by atoms with Crippen molar-refractivity contribution in [3.05, 3.63) is 0 Å². The van der Waals surface area contributed by atoms with Crippen molar-refractivity contribution in [2.45, 2.75) is 20.3 Å². The molecule has 17 heavy (non-hydrogen) atoms. The maximum absolute atomic E-state index is 11.3. The molecule has 3 fully saturated rings. The van der Waals surface area contributed by atoms with Crippen molar-refractivity contribution in [1.82, 2.24) is 0 Å². The monoisotopic (exact) mass is 240 g/mol. The highest BCUT2D eigenvalue weighted by Crippen LogP contribution is 2.45. The van der Waals surface area contributed by atoms with E-state index in [1.54, 1.807) is 0 Å². The van der Waals surface area contributed by atoms with Crippen LogP contribution in [0.25, 0.3) is 0 Å². The molecule has 3 rings (SSSR count). The fourth-order valence-corrected chi connectivity index (χ4v) is 2.75. The summed E-state index contributed by atoms with van der Waals surface area (Å²) in [6.45, 7) is 0. The summed E-state index contributed by atoms with van der Waals surface area (Å²) in [5.41, 5.74) is 0. The molecule has 0 bridgehead atoms. The van der Waals surface area contributed by atoms with E-state index in [4.69, 9.17) is 0 Å². The van der Waals surface area contributed by atoms with Gasteiger partial charge in [0, 0.05) is 0 Å². The smallest absolute Gasteiger partial charge is 0.317 e. The second-order valence-electron chi connectivity index (χ2n) is 4.38. The third-order valence-corrected chi connectivity index (χ3v) is 3.60. The first-order valence-corrected chi connectivity index (χ1v) is 5.09. The molecule has 92 valence electrons. The van der Waals surface area contributed by atoms with E-state index in [0.717, 1.165) is 0 Å². The highest BCUT2D eigenvalue weighted by atomic mass is 16.6. The molecule has 4 atom stereocenters. The number of ether oxygens (including phenoxy) is 2. The summed E-state index contributed by atoms with van der Waals surface area (Å²) in [4.78, 5) is 45.3. The first kappa shape index (κ1) is 11.8. The van der Waals surface area contributed by atoms with Crippen LogP contribution in [0.5, 0.6) is 0 Å². The molecule has 0 amide bonds. The molecule has 0 spiro atoms. The van der Waals surface area contributed by atoms with Gasteiger partial charge in [0.1, 0.15) is 0 Å². The van der Waals surface area contributed by atoms with Gasteiger partial charge < -0.3 is 9.47 Å². The Bertz CT molecular complexity index is 350. The quantitative estimate of drug-likeness (QED) is 0.439. The Morgan fingerprint density at radius 1 is 0.647 bits per heavy atom. The first-order chi connectivity index (χ1) is 7.58. The first-order valence-electron chi connectivity index (χ1n) is 5.09. The lowest BCUT2D eigenvalue weighted by Gasteiger charge is -2.25. The Kier molecular flexibility index (Phi) is 2.52. The maximum Gasteiger partial charge on any atom is 0.317 e. The predicted molar refractivity (Wildman–Crippen MR) is 52.1 cm³/mol. The second kappa shape index (κ2) is 3.65. The molecule has 3 aliphatic rings. The van der Waals surface area contributed by atoms with Crippen molar-refractivity contribution < 1.29 is 28.7 Å². The van der Waals surface area contributed by atoms with Gasteiger partial charge in [0.2, 0.25) is 0 Å². The molecule has 0 N–H and O–H groups in total. The van der Waals surface area contributed by atoms with Gasteiger partial charge >= 0.3 is 23.9 Å². The molecule has 0 aromatic rings. The number of carbonyl (C=O) groups is 4. The maximum atomic E-state index is 11.3. The van der Waals surface area contributed by atoms with E-state index in [9.17, 15) is 19.2 Å². The zero-order valence-electron chi connectivity index (χ0n) is 8.17. The zero-order valence-corrected chi connectivity index (χ0v) is 8.17. The summed E-state index contributed by atoms with van der Waals surface area (Å²) in [5, 5.41) is 0. The Morgan fingerprint density at radius 2 is 0.882 bits per heavy atom. The third-order valence-electron chi connectivity index (χ3n) is 3.60.